The largest absolute Gasteiger partial charge is 0.387 e. The van der Waals surface area contributed by atoms with E-state index in [0.717, 1.165) is 7.05 Å². The van der Waals surface area contributed by atoms with Crippen LogP contribution in [-0.4, -0.2) is 55.9 Å². The summed E-state index contributed by atoms with van der Waals surface area (Å²) in [7, 11) is -3.55. The molecule has 0 aliphatic carbocycles. The standard InChI is InChI=1S/C7H14F2N2O3S/c1-11(15(13,14)6(8)9)5-7(12)2-3-10-4-7/h6,10,12H,2-5H2,1H3. The Morgan fingerprint density at radius 3 is 2.60 bits per heavy atom. The van der Waals surface area contributed by atoms with Crippen molar-refractivity contribution in [3.8, 4) is 0 Å². The minimum Gasteiger partial charge on any atom is -0.387 e. The highest BCUT2D eigenvalue weighted by atomic mass is 32.2. The average Bonchev–Trinajstić information content (AvgIpc) is 2.51. The molecule has 0 spiro atoms. The maximum Gasteiger partial charge on any atom is 0.350 e. The summed E-state index contributed by atoms with van der Waals surface area (Å²) < 4.78 is 46.8. The molecule has 1 rings (SSSR count). The second-order valence-electron chi connectivity index (χ2n) is 3.71. The zero-order valence-electron chi connectivity index (χ0n) is 8.28. The highest BCUT2D eigenvalue weighted by Crippen LogP contribution is 2.19. The number of nitrogens with zero attached hydrogens (tertiary/aromatic N) is 1. The van der Waals surface area contributed by atoms with Crippen molar-refractivity contribution in [2.45, 2.75) is 17.8 Å². The summed E-state index contributed by atoms with van der Waals surface area (Å²) >= 11 is 0. The lowest BCUT2D eigenvalue weighted by atomic mass is 10.0. The van der Waals surface area contributed by atoms with Gasteiger partial charge in [0.05, 0.1) is 5.60 Å². The summed E-state index contributed by atoms with van der Waals surface area (Å²) in [6.07, 6.45) is 0.357. The Morgan fingerprint density at radius 2 is 2.20 bits per heavy atom. The van der Waals surface area contributed by atoms with Crippen LogP contribution in [0.4, 0.5) is 8.78 Å². The number of β-amino-alcohol motifs (C(OH)–C–C–N with tert-alkyl or cyclic N) is 1. The highest BCUT2D eigenvalue weighted by Gasteiger charge is 2.38. The molecular weight excluding hydrogens is 230 g/mol. The first-order valence-electron chi connectivity index (χ1n) is 4.44. The molecule has 0 bridgehead atoms. The van der Waals surface area contributed by atoms with Gasteiger partial charge in [-0.05, 0) is 13.0 Å². The van der Waals surface area contributed by atoms with E-state index < -0.39 is 21.4 Å². The fourth-order valence-electron chi connectivity index (χ4n) is 1.51. The van der Waals surface area contributed by atoms with Gasteiger partial charge in [-0.3, -0.25) is 0 Å². The van der Waals surface area contributed by atoms with Crippen LogP contribution in [0.5, 0.6) is 0 Å². The molecule has 1 heterocycles. The highest BCUT2D eigenvalue weighted by molar-refractivity contribution is 7.89. The van der Waals surface area contributed by atoms with E-state index in [4.69, 9.17) is 0 Å². The van der Waals surface area contributed by atoms with Gasteiger partial charge in [-0.1, -0.05) is 0 Å². The summed E-state index contributed by atoms with van der Waals surface area (Å²) in [5.74, 6) is -3.44. The predicted molar refractivity (Wildman–Crippen MR) is 50.0 cm³/mol. The van der Waals surface area contributed by atoms with Crippen molar-refractivity contribution in [2.75, 3.05) is 26.7 Å². The van der Waals surface area contributed by atoms with Crippen LogP contribution in [-0.2, 0) is 10.0 Å². The Labute approximate surface area is 87.1 Å². The summed E-state index contributed by atoms with van der Waals surface area (Å²) in [5.41, 5.74) is -1.24. The van der Waals surface area contributed by atoms with Crippen LogP contribution in [0, 0.1) is 0 Å². The maximum absolute atomic E-state index is 12.1. The monoisotopic (exact) mass is 244 g/mol. The summed E-state index contributed by atoms with van der Waals surface area (Å²) in [4.78, 5) is 0. The molecule has 15 heavy (non-hydrogen) atoms. The van der Waals surface area contributed by atoms with E-state index in [1.165, 1.54) is 0 Å². The SMILES string of the molecule is CN(CC1(O)CCNC1)S(=O)(=O)C(F)F. The van der Waals surface area contributed by atoms with Crippen LogP contribution in [0.25, 0.3) is 0 Å². The Kier molecular flexibility index (Phi) is 3.64. The first kappa shape index (κ1) is 12.8. The van der Waals surface area contributed by atoms with Gasteiger partial charge < -0.3 is 10.4 Å². The van der Waals surface area contributed by atoms with Crippen molar-refractivity contribution in [3.63, 3.8) is 0 Å². The van der Waals surface area contributed by atoms with Crippen LogP contribution < -0.4 is 5.32 Å². The van der Waals surface area contributed by atoms with Gasteiger partial charge in [-0.2, -0.15) is 13.1 Å². The van der Waals surface area contributed by atoms with Gasteiger partial charge in [-0.25, -0.2) is 8.42 Å². The molecule has 8 heteroatoms. The lowest BCUT2D eigenvalue weighted by Gasteiger charge is -2.27. The number of aliphatic hydroxyl groups is 1. The predicted octanol–water partition coefficient (Wildman–Crippen LogP) is -0.805. The van der Waals surface area contributed by atoms with Crippen molar-refractivity contribution in [2.24, 2.45) is 0 Å². The van der Waals surface area contributed by atoms with Gasteiger partial charge in [0.25, 0.3) is 10.0 Å². The van der Waals surface area contributed by atoms with Gasteiger partial charge in [-0.15, -0.1) is 0 Å². The Balaban J connectivity index is 2.66. The molecule has 5 nitrogen and oxygen atoms in total. The summed E-state index contributed by atoms with van der Waals surface area (Å²) in [6.45, 7) is 0.460. The molecule has 1 atom stereocenters. The fraction of sp³-hybridized carbons (Fsp3) is 1.00. The minimum atomic E-state index is -4.59. The van der Waals surface area contributed by atoms with Crippen molar-refractivity contribution < 1.29 is 22.3 Å². The average molecular weight is 244 g/mol. The smallest absolute Gasteiger partial charge is 0.350 e. The van der Waals surface area contributed by atoms with Crippen LogP contribution in [0.15, 0.2) is 0 Å². The number of alkyl halides is 2. The molecule has 0 aromatic rings. The molecule has 1 aliphatic heterocycles. The molecule has 0 saturated carbocycles. The molecule has 0 aromatic carbocycles. The number of sulfonamides is 1. The normalized spacial score (nSPS) is 27.9. The van der Waals surface area contributed by atoms with Gasteiger partial charge in [0, 0.05) is 20.1 Å². The fourth-order valence-corrected chi connectivity index (χ4v) is 2.20. The van der Waals surface area contributed by atoms with Crippen LogP contribution in [0.1, 0.15) is 6.42 Å². The molecule has 0 radical (unpaired) electrons. The number of nitrogens with one attached hydrogen (secondary N) is 1. The lowest BCUT2D eigenvalue weighted by Crippen LogP contribution is -2.46. The van der Waals surface area contributed by atoms with E-state index >= 15 is 0 Å². The molecule has 1 aliphatic rings. The zero-order chi connectivity index (χ0) is 11.7. The maximum atomic E-state index is 12.1. The van der Waals surface area contributed by atoms with E-state index in [9.17, 15) is 22.3 Å². The van der Waals surface area contributed by atoms with Gasteiger partial charge >= 0.3 is 5.76 Å². The third kappa shape index (κ3) is 2.83. The minimum absolute atomic E-state index is 0.218. The number of halogens is 2. The third-order valence-electron chi connectivity index (χ3n) is 2.40. The molecular formula is C7H14F2N2O3S. The lowest BCUT2D eigenvalue weighted by molar-refractivity contribution is 0.0447. The van der Waals surface area contributed by atoms with Crippen LogP contribution in [0.2, 0.25) is 0 Å². The van der Waals surface area contributed by atoms with E-state index in [2.05, 4.69) is 5.32 Å². The van der Waals surface area contributed by atoms with E-state index in [1.54, 1.807) is 0 Å². The van der Waals surface area contributed by atoms with Gasteiger partial charge in [0.15, 0.2) is 0 Å². The van der Waals surface area contributed by atoms with Crippen molar-refractivity contribution >= 4 is 10.0 Å². The van der Waals surface area contributed by atoms with Crippen LogP contribution >= 0.6 is 0 Å². The Hall–Kier alpha value is -0.310. The molecule has 0 amide bonds. The van der Waals surface area contributed by atoms with Gasteiger partial charge in [0.2, 0.25) is 0 Å². The molecule has 1 unspecified atom stereocenters. The quantitative estimate of drug-likeness (QED) is 0.679. The third-order valence-corrected chi connectivity index (χ3v) is 3.85. The number of likely N-dealkylation sites (N-methyl/N-ethyl adjacent to an activating group) is 1. The molecule has 0 aromatic heterocycles. The van der Waals surface area contributed by atoms with E-state index in [0.29, 0.717) is 17.3 Å². The van der Waals surface area contributed by atoms with Crippen molar-refractivity contribution in [1.29, 1.82) is 0 Å². The van der Waals surface area contributed by atoms with E-state index in [1.807, 2.05) is 0 Å². The summed E-state index contributed by atoms with van der Waals surface area (Å²) in [5, 5.41) is 12.6. The first-order valence-corrected chi connectivity index (χ1v) is 5.95. The molecule has 1 fully saturated rings. The number of hydrogen-bond acceptors (Lipinski definition) is 4. The first-order chi connectivity index (χ1) is 6.78. The number of hydrogen-bond donors (Lipinski definition) is 2. The van der Waals surface area contributed by atoms with Crippen molar-refractivity contribution in [1.82, 2.24) is 9.62 Å². The van der Waals surface area contributed by atoms with E-state index in [-0.39, 0.29) is 13.1 Å². The van der Waals surface area contributed by atoms with Crippen molar-refractivity contribution in [3.05, 3.63) is 0 Å². The number of rotatable bonds is 4. The molecule has 1 saturated heterocycles. The molecule has 90 valence electrons. The summed E-state index contributed by atoms with van der Waals surface area (Å²) in [6, 6.07) is 0. The van der Waals surface area contributed by atoms with Crippen LogP contribution in [0.3, 0.4) is 0 Å². The van der Waals surface area contributed by atoms with Gasteiger partial charge in [0.1, 0.15) is 0 Å². The molecule has 2 N–H and O–H groups in total. The second kappa shape index (κ2) is 4.28. The second-order valence-corrected chi connectivity index (χ2v) is 5.72. The Bertz CT molecular complexity index is 314. The topological polar surface area (TPSA) is 69.6 Å². The Morgan fingerprint density at radius 1 is 1.60 bits per heavy atom. The zero-order valence-corrected chi connectivity index (χ0v) is 9.10.